The lowest BCUT2D eigenvalue weighted by Crippen LogP contribution is -2.31. The molecule has 110 valence electrons. The van der Waals surface area contributed by atoms with Gasteiger partial charge in [-0.1, -0.05) is 53.2 Å². The minimum Gasteiger partial charge on any atom is -0.356 e. The molecule has 0 spiro atoms. The van der Waals surface area contributed by atoms with Crippen LogP contribution in [0.3, 0.4) is 0 Å². The van der Waals surface area contributed by atoms with Crippen molar-refractivity contribution in [3.05, 3.63) is 64.1 Å². The molecule has 0 unspecified atom stereocenters. The molecule has 2 rings (SSSR count). The second kappa shape index (κ2) is 7.57. The first kappa shape index (κ1) is 16.0. The van der Waals surface area contributed by atoms with Crippen molar-refractivity contribution < 1.29 is 0 Å². The average molecular weight is 363 g/mol. The molecule has 0 heterocycles. The topological polar surface area (TPSA) is 24.1 Å². The summed E-state index contributed by atoms with van der Waals surface area (Å²) in [4.78, 5) is 0. The van der Waals surface area contributed by atoms with Crippen LogP contribution in [0.1, 0.15) is 31.0 Å². The molecule has 0 amide bonds. The Morgan fingerprint density at radius 2 is 1.81 bits per heavy atom. The number of hydrogen-bond acceptors (Lipinski definition) is 1. The Morgan fingerprint density at radius 1 is 1.14 bits per heavy atom. The van der Waals surface area contributed by atoms with E-state index in [9.17, 15) is 0 Å². The van der Waals surface area contributed by atoms with Gasteiger partial charge in [-0.05, 0) is 54.9 Å². The summed E-state index contributed by atoms with van der Waals surface area (Å²) in [6.07, 6.45) is 0.980. The molecule has 2 aromatic rings. The minimum atomic E-state index is 0.159. The van der Waals surface area contributed by atoms with Crippen LogP contribution in [-0.4, -0.2) is 5.11 Å². The van der Waals surface area contributed by atoms with Gasteiger partial charge in [0, 0.05) is 10.2 Å². The molecule has 2 nitrogen and oxygen atoms in total. The Morgan fingerprint density at radius 3 is 2.48 bits per heavy atom. The van der Waals surface area contributed by atoms with Crippen molar-refractivity contribution in [2.45, 2.75) is 26.3 Å². The second-order valence-corrected chi connectivity index (χ2v) is 6.21. The van der Waals surface area contributed by atoms with Crippen molar-refractivity contribution in [3.63, 3.8) is 0 Å². The van der Waals surface area contributed by atoms with Crippen LogP contribution in [0.5, 0.6) is 0 Å². The van der Waals surface area contributed by atoms with Gasteiger partial charge >= 0.3 is 0 Å². The normalized spacial score (nSPS) is 11.8. The summed E-state index contributed by atoms with van der Waals surface area (Å²) in [5, 5.41) is 7.25. The Kier molecular flexibility index (Phi) is 5.76. The molecule has 0 aromatic heterocycles. The highest BCUT2D eigenvalue weighted by Crippen LogP contribution is 2.18. The van der Waals surface area contributed by atoms with E-state index < -0.39 is 0 Å². The maximum Gasteiger partial charge on any atom is 0.171 e. The van der Waals surface area contributed by atoms with E-state index in [1.54, 1.807) is 0 Å². The van der Waals surface area contributed by atoms with Gasteiger partial charge in [-0.25, -0.2) is 0 Å². The Balaban J connectivity index is 1.99. The first-order valence-corrected chi connectivity index (χ1v) is 8.21. The van der Waals surface area contributed by atoms with Gasteiger partial charge in [0.1, 0.15) is 0 Å². The maximum absolute atomic E-state index is 5.41. The lowest BCUT2D eigenvalue weighted by atomic mass is 10.1. The molecule has 4 heteroatoms. The van der Waals surface area contributed by atoms with Gasteiger partial charge in [0.05, 0.1) is 6.04 Å². The average Bonchev–Trinajstić information content (AvgIpc) is 2.48. The number of nitrogens with one attached hydrogen (secondary N) is 2. The molecule has 0 fully saturated rings. The molecule has 0 aliphatic carbocycles. The number of aryl methyl sites for hydroxylation is 1. The molecule has 0 radical (unpaired) electrons. The van der Waals surface area contributed by atoms with Crippen LogP contribution >= 0.6 is 28.1 Å². The van der Waals surface area contributed by atoms with Gasteiger partial charge < -0.3 is 10.6 Å². The van der Waals surface area contributed by atoms with E-state index in [1.165, 1.54) is 11.1 Å². The van der Waals surface area contributed by atoms with E-state index in [1.807, 2.05) is 24.3 Å². The number of para-hydroxylation sites is 1. The summed E-state index contributed by atoms with van der Waals surface area (Å²) >= 11 is 8.86. The number of thiocarbonyl (C=S) groups is 1. The van der Waals surface area contributed by atoms with Crippen LogP contribution in [0.2, 0.25) is 0 Å². The summed E-state index contributed by atoms with van der Waals surface area (Å²) in [7, 11) is 0. The zero-order valence-electron chi connectivity index (χ0n) is 12.2. The van der Waals surface area contributed by atoms with Gasteiger partial charge in [0.25, 0.3) is 0 Å². The Bertz CT molecular complexity index is 610. The highest BCUT2D eigenvalue weighted by Gasteiger charge is 2.08. The summed E-state index contributed by atoms with van der Waals surface area (Å²) in [5.41, 5.74) is 3.53. The van der Waals surface area contributed by atoms with Gasteiger partial charge in [-0.2, -0.15) is 0 Å². The number of anilines is 1. The van der Waals surface area contributed by atoms with Crippen molar-refractivity contribution in [1.29, 1.82) is 0 Å². The maximum atomic E-state index is 5.41. The van der Waals surface area contributed by atoms with Crippen molar-refractivity contribution in [2.24, 2.45) is 0 Å². The van der Waals surface area contributed by atoms with E-state index in [0.717, 1.165) is 16.6 Å². The zero-order valence-corrected chi connectivity index (χ0v) is 14.6. The van der Waals surface area contributed by atoms with Crippen molar-refractivity contribution in [3.8, 4) is 0 Å². The van der Waals surface area contributed by atoms with E-state index >= 15 is 0 Å². The third kappa shape index (κ3) is 4.55. The third-order valence-corrected chi connectivity index (χ3v) is 4.11. The number of benzene rings is 2. The van der Waals surface area contributed by atoms with Crippen molar-refractivity contribution in [2.75, 3.05) is 5.32 Å². The molecule has 0 aliphatic heterocycles. The highest BCUT2D eigenvalue weighted by molar-refractivity contribution is 9.10. The van der Waals surface area contributed by atoms with Crippen LogP contribution in [0.15, 0.2) is 53.0 Å². The van der Waals surface area contributed by atoms with Gasteiger partial charge in [0.2, 0.25) is 0 Å². The predicted octanol–water partition coefficient (Wildman–Crippen LogP) is 5.06. The van der Waals surface area contributed by atoms with E-state index in [-0.39, 0.29) is 6.04 Å². The predicted molar refractivity (Wildman–Crippen MR) is 97.7 cm³/mol. The van der Waals surface area contributed by atoms with Gasteiger partial charge in [-0.3, -0.25) is 0 Å². The molecular formula is C17H19BrN2S. The van der Waals surface area contributed by atoms with Crippen LogP contribution < -0.4 is 10.6 Å². The van der Waals surface area contributed by atoms with Crippen LogP contribution in [-0.2, 0) is 6.42 Å². The quantitative estimate of drug-likeness (QED) is 0.743. The van der Waals surface area contributed by atoms with Crippen LogP contribution in [0.4, 0.5) is 5.69 Å². The second-order valence-electron chi connectivity index (χ2n) is 4.88. The highest BCUT2D eigenvalue weighted by atomic mass is 79.9. The summed E-state index contributed by atoms with van der Waals surface area (Å²) < 4.78 is 1.08. The monoisotopic (exact) mass is 362 g/mol. The van der Waals surface area contributed by atoms with Gasteiger partial charge in [0.15, 0.2) is 5.11 Å². The molecule has 0 saturated carbocycles. The number of hydrogen-bond donors (Lipinski definition) is 2. The first-order chi connectivity index (χ1) is 10.1. The third-order valence-electron chi connectivity index (χ3n) is 3.36. The smallest absolute Gasteiger partial charge is 0.171 e. The van der Waals surface area contributed by atoms with Gasteiger partial charge in [-0.15, -0.1) is 0 Å². The molecule has 0 bridgehead atoms. The fourth-order valence-corrected chi connectivity index (χ4v) is 2.69. The largest absolute Gasteiger partial charge is 0.356 e. The lowest BCUT2D eigenvalue weighted by Gasteiger charge is -2.18. The van der Waals surface area contributed by atoms with Crippen LogP contribution in [0.25, 0.3) is 0 Å². The number of rotatable bonds is 4. The minimum absolute atomic E-state index is 0.159. The first-order valence-electron chi connectivity index (χ1n) is 7.01. The lowest BCUT2D eigenvalue weighted by molar-refractivity contribution is 0.722. The summed E-state index contributed by atoms with van der Waals surface area (Å²) in [6, 6.07) is 16.6. The molecule has 0 aliphatic rings. The summed E-state index contributed by atoms with van der Waals surface area (Å²) in [5.74, 6) is 0. The molecule has 2 aromatic carbocycles. The number of halogens is 1. The van der Waals surface area contributed by atoms with E-state index in [4.69, 9.17) is 12.2 Å². The molecule has 2 N–H and O–H groups in total. The fourth-order valence-electron chi connectivity index (χ4n) is 2.14. The van der Waals surface area contributed by atoms with Crippen molar-refractivity contribution in [1.82, 2.24) is 5.32 Å². The standard InChI is InChI=1S/C17H19BrN2S/c1-3-13-6-4-5-7-16(13)20-17(21)19-12(2)14-8-10-15(18)11-9-14/h4-12H,3H2,1-2H3,(H2,19,20,21)/t12-/m0/s1. The SMILES string of the molecule is CCc1ccccc1NC(=S)N[C@@H](C)c1ccc(Br)cc1. The molecular weight excluding hydrogens is 344 g/mol. The molecule has 0 saturated heterocycles. The Labute approximate surface area is 140 Å². The zero-order chi connectivity index (χ0) is 15.2. The van der Waals surface area contributed by atoms with Crippen molar-refractivity contribution >= 4 is 38.9 Å². The molecule has 21 heavy (non-hydrogen) atoms. The van der Waals surface area contributed by atoms with E-state index in [0.29, 0.717) is 5.11 Å². The Hall–Kier alpha value is -1.39. The summed E-state index contributed by atoms with van der Waals surface area (Å²) in [6.45, 7) is 4.24. The van der Waals surface area contributed by atoms with Crippen LogP contribution in [0, 0.1) is 0 Å². The van der Waals surface area contributed by atoms with E-state index in [2.05, 4.69) is 64.7 Å². The molecule has 1 atom stereocenters. The fraction of sp³-hybridized carbons (Fsp3) is 0.235.